The zero-order chi connectivity index (χ0) is 12.4. The predicted molar refractivity (Wildman–Crippen MR) is 74.1 cm³/mol. The summed E-state index contributed by atoms with van der Waals surface area (Å²) in [5.74, 6) is 0.518. The van der Waals surface area contributed by atoms with Crippen LogP contribution in [0, 0.1) is 4.77 Å². The first-order valence-corrected chi connectivity index (χ1v) is 7.02. The highest BCUT2D eigenvalue weighted by molar-refractivity contribution is 7.71. The Labute approximate surface area is 109 Å². The summed E-state index contributed by atoms with van der Waals surface area (Å²) in [6.45, 7) is 10.3. The van der Waals surface area contributed by atoms with Crippen molar-refractivity contribution in [2.45, 2.75) is 45.6 Å². The molecule has 4 heteroatoms. The molecule has 96 valence electrons. The molecule has 0 aliphatic carbocycles. The van der Waals surface area contributed by atoms with Gasteiger partial charge in [-0.2, -0.15) is 0 Å². The van der Waals surface area contributed by atoms with Crippen LogP contribution in [0.4, 0.5) is 0 Å². The van der Waals surface area contributed by atoms with Crippen LogP contribution < -0.4 is 0 Å². The Morgan fingerprint density at radius 1 is 1.29 bits per heavy atom. The molecule has 1 aliphatic heterocycles. The van der Waals surface area contributed by atoms with E-state index in [0.29, 0.717) is 12.0 Å². The molecule has 0 saturated carbocycles. The van der Waals surface area contributed by atoms with Gasteiger partial charge in [0.2, 0.25) is 0 Å². The van der Waals surface area contributed by atoms with Crippen LogP contribution in [0.5, 0.6) is 0 Å². The third-order valence-corrected chi connectivity index (χ3v) is 3.91. The topological polar surface area (TPSA) is 24.0 Å². The molecule has 2 rings (SSSR count). The normalized spacial score (nSPS) is 19.1. The maximum atomic E-state index is 5.40. The van der Waals surface area contributed by atoms with E-state index in [1.54, 1.807) is 0 Å². The van der Waals surface area contributed by atoms with Gasteiger partial charge in [-0.1, -0.05) is 13.8 Å². The standard InChI is InChI=1S/C13H23N3S/c1-10(2)12-8-14-13(17)16(12)11(3)9-15-6-4-5-7-15/h8,10-11H,4-7,9H2,1-3H3,(H,14,17). The molecule has 2 heterocycles. The van der Waals surface area contributed by atoms with Crippen LogP contribution in [0.3, 0.4) is 0 Å². The van der Waals surface area contributed by atoms with Gasteiger partial charge in [-0.05, 0) is 51.0 Å². The van der Waals surface area contributed by atoms with Gasteiger partial charge in [0.15, 0.2) is 4.77 Å². The molecule has 0 radical (unpaired) electrons. The van der Waals surface area contributed by atoms with E-state index in [1.165, 1.54) is 31.6 Å². The maximum absolute atomic E-state index is 5.40. The van der Waals surface area contributed by atoms with E-state index in [2.05, 4.69) is 41.4 Å². The lowest BCUT2D eigenvalue weighted by molar-refractivity contribution is 0.283. The highest BCUT2D eigenvalue weighted by Crippen LogP contribution is 2.21. The lowest BCUT2D eigenvalue weighted by Gasteiger charge is -2.23. The third kappa shape index (κ3) is 2.80. The molecule has 1 aromatic heterocycles. The van der Waals surface area contributed by atoms with Gasteiger partial charge in [-0.3, -0.25) is 0 Å². The van der Waals surface area contributed by atoms with Gasteiger partial charge in [0, 0.05) is 24.5 Å². The number of aromatic amines is 1. The number of aromatic nitrogens is 2. The van der Waals surface area contributed by atoms with E-state index in [9.17, 15) is 0 Å². The van der Waals surface area contributed by atoms with E-state index in [0.717, 1.165) is 11.3 Å². The summed E-state index contributed by atoms with van der Waals surface area (Å²) < 4.78 is 3.15. The Morgan fingerprint density at radius 2 is 1.94 bits per heavy atom. The highest BCUT2D eigenvalue weighted by atomic mass is 32.1. The fourth-order valence-corrected chi connectivity index (χ4v) is 3.06. The lowest BCUT2D eigenvalue weighted by atomic mass is 10.1. The fourth-order valence-electron chi connectivity index (χ4n) is 2.71. The maximum Gasteiger partial charge on any atom is 0.177 e. The number of hydrogen-bond acceptors (Lipinski definition) is 2. The molecule has 1 aromatic rings. The fraction of sp³-hybridized carbons (Fsp3) is 0.769. The molecule has 0 spiro atoms. The van der Waals surface area contributed by atoms with Crippen molar-refractivity contribution in [3.05, 3.63) is 16.7 Å². The molecular formula is C13H23N3S. The van der Waals surface area contributed by atoms with E-state index in [4.69, 9.17) is 12.2 Å². The van der Waals surface area contributed by atoms with Crippen LogP contribution in [0.1, 0.15) is 51.3 Å². The van der Waals surface area contributed by atoms with Crippen LogP contribution in [-0.4, -0.2) is 34.1 Å². The zero-order valence-corrected chi connectivity index (χ0v) is 11.9. The van der Waals surface area contributed by atoms with Crippen LogP contribution in [0.2, 0.25) is 0 Å². The quantitative estimate of drug-likeness (QED) is 0.832. The molecule has 1 fully saturated rings. The van der Waals surface area contributed by atoms with Gasteiger partial charge < -0.3 is 14.5 Å². The van der Waals surface area contributed by atoms with E-state index < -0.39 is 0 Å². The molecule has 0 bridgehead atoms. The summed E-state index contributed by atoms with van der Waals surface area (Å²) in [7, 11) is 0. The van der Waals surface area contributed by atoms with Crippen molar-refractivity contribution in [1.29, 1.82) is 0 Å². The molecule has 1 N–H and O–H groups in total. The minimum Gasteiger partial charge on any atom is -0.337 e. The molecule has 3 nitrogen and oxygen atoms in total. The Balaban J connectivity index is 2.14. The molecule has 1 saturated heterocycles. The second-order valence-corrected chi connectivity index (χ2v) is 5.79. The first-order chi connectivity index (χ1) is 8.09. The third-order valence-electron chi connectivity index (χ3n) is 3.59. The average molecular weight is 253 g/mol. The second kappa shape index (κ2) is 5.36. The van der Waals surface area contributed by atoms with Gasteiger partial charge in [0.05, 0.1) is 0 Å². The van der Waals surface area contributed by atoms with Gasteiger partial charge in [-0.25, -0.2) is 0 Å². The first-order valence-electron chi connectivity index (χ1n) is 6.61. The average Bonchev–Trinajstić information content (AvgIpc) is 2.86. The number of likely N-dealkylation sites (tertiary alicyclic amines) is 1. The van der Waals surface area contributed by atoms with Crippen molar-refractivity contribution in [3.63, 3.8) is 0 Å². The van der Waals surface area contributed by atoms with Crippen molar-refractivity contribution in [3.8, 4) is 0 Å². The lowest BCUT2D eigenvalue weighted by Crippen LogP contribution is -2.28. The second-order valence-electron chi connectivity index (χ2n) is 5.40. The zero-order valence-electron chi connectivity index (χ0n) is 11.1. The highest BCUT2D eigenvalue weighted by Gasteiger charge is 2.18. The summed E-state index contributed by atoms with van der Waals surface area (Å²) in [4.78, 5) is 5.73. The van der Waals surface area contributed by atoms with Crippen molar-refractivity contribution in [2.75, 3.05) is 19.6 Å². The van der Waals surface area contributed by atoms with Gasteiger partial charge >= 0.3 is 0 Å². The van der Waals surface area contributed by atoms with Crippen molar-refractivity contribution >= 4 is 12.2 Å². The number of nitrogens with zero attached hydrogens (tertiary/aromatic N) is 2. The predicted octanol–water partition coefficient (Wildman–Crippen LogP) is 3.33. The van der Waals surface area contributed by atoms with Gasteiger partial charge in [0.1, 0.15) is 0 Å². The summed E-state index contributed by atoms with van der Waals surface area (Å²) >= 11 is 5.40. The largest absolute Gasteiger partial charge is 0.337 e. The van der Waals surface area contributed by atoms with Gasteiger partial charge in [0.25, 0.3) is 0 Å². The molecule has 0 amide bonds. The molecule has 1 aliphatic rings. The Morgan fingerprint density at radius 3 is 2.53 bits per heavy atom. The van der Waals surface area contributed by atoms with Gasteiger partial charge in [-0.15, -0.1) is 0 Å². The summed E-state index contributed by atoms with van der Waals surface area (Å²) in [6.07, 6.45) is 4.76. The first kappa shape index (κ1) is 12.8. The summed E-state index contributed by atoms with van der Waals surface area (Å²) in [6, 6.07) is 0.462. The molecular weight excluding hydrogens is 230 g/mol. The molecule has 1 atom stereocenters. The Bertz CT molecular complexity index is 413. The van der Waals surface area contributed by atoms with Crippen LogP contribution >= 0.6 is 12.2 Å². The molecule has 1 unspecified atom stereocenters. The number of rotatable bonds is 4. The number of H-pyrrole nitrogens is 1. The van der Waals surface area contributed by atoms with Crippen LogP contribution in [-0.2, 0) is 0 Å². The van der Waals surface area contributed by atoms with Crippen molar-refractivity contribution < 1.29 is 0 Å². The summed E-state index contributed by atoms with van der Waals surface area (Å²) in [5, 5.41) is 0. The number of hydrogen-bond donors (Lipinski definition) is 1. The van der Waals surface area contributed by atoms with Crippen LogP contribution in [0.15, 0.2) is 6.20 Å². The SMILES string of the molecule is CC(C)c1c[nH]c(=S)n1C(C)CN1CCCC1. The Kier molecular flexibility index (Phi) is 4.05. The molecule has 17 heavy (non-hydrogen) atoms. The summed E-state index contributed by atoms with van der Waals surface area (Å²) in [5.41, 5.74) is 1.32. The monoisotopic (exact) mass is 253 g/mol. The van der Waals surface area contributed by atoms with Crippen LogP contribution in [0.25, 0.3) is 0 Å². The number of imidazole rings is 1. The Hall–Kier alpha value is -0.610. The minimum absolute atomic E-state index is 0.462. The molecule has 0 aromatic carbocycles. The van der Waals surface area contributed by atoms with E-state index in [1.807, 2.05) is 0 Å². The van der Waals surface area contributed by atoms with E-state index in [-0.39, 0.29) is 0 Å². The van der Waals surface area contributed by atoms with Crippen molar-refractivity contribution in [2.24, 2.45) is 0 Å². The van der Waals surface area contributed by atoms with E-state index >= 15 is 0 Å². The smallest absolute Gasteiger partial charge is 0.177 e. The number of nitrogens with one attached hydrogen (secondary N) is 1. The van der Waals surface area contributed by atoms with Crippen molar-refractivity contribution in [1.82, 2.24) is 14.5 Å². The minimum atomic E-state index is 0.462.